The van der Waals surface area contributed by atoms with Crippen molar-refractivity contribution < 1.29 is 19.0 Å². The first-order chi connectivity index (χ1) is 12.6. The molecule has 2 unspecified atom stereocenters. The Labute approximate surface area is 153 Å². The fourth-order valence-electron chi connectivity index (χ4n) is 3.95. The Hall–Kier alpha value is -1.70. The van der Waals surface area contributed by atoms with E-state index in [2.05, 4.69) is 16.7 Å². The number of rotatable bonds is 7. The van der Waals surface area contributed by atoms with E-state index in [0.29, 0.717) is 12.3 Å². The first-order valence-corrected chi connectivity index (χ1v) is 9.28. The Morgan fingerprint density at radius 1 is 1.42 bits per heavy atom. The Morgan fingerprint density at radius 2 is 2.27 bits per heavy atom. The first-order valence-electron chi connectivity index (χ1n) is 9.28. The largest absolute Gasteiger partial charge is 0.388 e. The lowest BCUT2D eigenvalue weighted by atomic mass is 9.80. The Bertz CT molecular complexity index is 605. The molecule has 2 aliphatic carbocycles. The molecular weight excluding hydrogens is 337 g/mol. The highest BCUT2D eigenvalue weighted by atomic mass is 19.1. The van der Waals surface area contributed by atoms with Gasteiger partial charge < -0.3 is 26.2 Å². The number of halogens is 1. The summed E-state index contributed by atoms with van der Waals surface area (Å²) in [5, 5.41) is 15.7. The Morgan fingerprint density at radius 3 is 3.04 bits per heavy atom. The highest BCUT2D eigenvalue weighted by molar-refractivity contribution is 5.51. The van der Waals surface area contributed by atoms with Crippen LogP contribution in [0.4, 0.5) is 4.39 Å². The molecule has 6 nitrogen and oxygen atoms in total. The lowest BCUT2D eigenvalue weighted by Crippen LogP contribution is -2.45. The van der Waals surface area contributed by atoms with E-state index in [0.717, 1.165) is 37.8 Å². The van der Waals surface area contributed by atoms with Crippen molar-refractivity contribution in [1.82, 2.24) is 10.6 Å². The van der Waals surface area contributed by atoms with Crippen molar-refractivity contribution in [3.63, 3.8) is 0 Å². The van der Waals surface area contributed by atoms with E-state index in [-0.39, 0.29) is 24.8 Å². The van der Waals surface area contributed by atoms with Gasteiger partial charge in [0.25, 0.3) is 0 Å². The SMILES string of the molecule is N[C@H]1CC=C(C2CC[C@@H]3CC(NC=O)=CC=C3N2)C[C@H]1OCC(O)CF. The van der Waals surface area contributed by atoms with Crippen LogP contribution in [0.15, 0.2) is 35.2 Å². The van der Waals surface area contributed by atoms with Crippen LogP contribution in [0.1, 0.15) is 32.1 Å². The summed E-state index contributed by atoms with van der Waals surface area (Å²) in [6, 6.07) is 0.117. The summed E-state index contributed by atoms with van der Waals surface area (Å²) in [7, 11) is 0. The molecule has 0 radical (unpaired) electrons. The number of fused-ring (bicyclic) bond motifs is 1. The number of carbonyl (C=O) groups excluding carboxylic acids is 1. The molecule has 0 bridgehead atoms. The van der Waals surface area contributed by atoms with E-state index in [1.807, 2.05) is 12.2 Å². The number of alkyl halides is 1. The van der Waals surface area contributed by atoms with Crippen LogP contribution in [0.5, 0.6) is 0 Å². The number of ether oxygens (including phenoxy) is 1. The van der Waals surface area contributed by atoms with Gasteiger partial charge in [-0.05, 0) is 49.8 Å². The highest BCUT2D eigenvalue weighted by Gasteiger charge is 2.32. The van der Waals surface area contributed by atoms with E-state index >= 15 is 0 Å². The molecule has 1 saturated heterocycles. The van der Waals surface area contributed by atoms with Crippen LogP contribution in [0.2, 0.25) is 0 Å². The third-order valence-electron chi connectivity index (χ3n) is 5.45. The number of piperidine rings is 1. The van der Waals surface area contributed by atoms with Gasteiger partial charge in [0.2, 0.25) is 6.41 Å². The van der Waals surface area contributed by atoms with E-state index in [1.54, 1.807) is 0 Å². The van der Waals surface area contributed by atoms with Crippen molar-refractivity contribution in [2.75, 3.05) is 13.3 Å². The van der Waals surface area contributed by atoms with Gasteiger partial charge in [0.15, 0.2) is 0 Å². The molecule has 0 saturated carbocycles. The van der Waals surface area contributed by atoms with Crippen LogP contribution >= 0.6 is 0 Å². The number of hydrogen-bond acceptors (Lipinski definition) is 5. The average molecular weight is 365 g/mol. The lowest BCUT2D eigenvalue weighted by molar-refractivity contribution is -0.109. The van der Waals surface area contributed by atoms with E-state index < -0.39 is 12.8 Å². The number of nitrogens with two attached hydrogens (primary N) is 1. The topological polar surface area (TPSA) is 96.6 Å². The highest BCUT2D eigenvalue weighted by Crippen LogP contribution is 2.35. The van der Waals surface area contributed by atoms with E-state index in [1.165, 1.54) is 11.3 Å². The molecule has 5 N–H and O–H groups in total. The molecular formula is C19H28FN3O3. The molecule has 26 heavy (non-hydrogen) atoms. The van der Waals surface area contributed by atoms with E-state index in [4.69, 9.17) is 10.5 Å². The van der Waals surface area contributed by atoms with Gasteiger partial charge in [0.1, 0.15) is 12.8 Å². The Balaban J connectivity index is 1.60. The van der Waals surface area contributed by atoms with Gasteiger partial charge in [-0.15, -0.1) is 0 Å². The van der Waals surface area contributed by atoms with Crippen molar-refractivity contribution in [3.8, 4) is 0 Å². The van der Waals surface area contributed by atoms with Crippen LogP contribution in [-0.4, -0.2) is 49.1 Å². The van der Waals surface area contributed by atoms with Gasteiger partial charge in [-0.1, -0.05) is 6.08 Å². The second-order valence-electron chi connectivity index (χ2n) is 7.31. The number of nitrogens with one attached hydrogen (secondary N) is 2. The molecule has 0 aromatic rings. The minimum atomic E-state index is -1.08. The first kappa shape index (κ1) is 19.1. The molecule has 0 aromatic carbocycles. The number of aliphatic hydroxyl groups excluding tert-OH is 1. The maximum Gasteiger partial charge on any atom is 0.211 e. The zero-order valence-corrected chi connectivity index (χ0v) is 14.9. The van der Waals surface area contributed by atoms with Gasteiger partial charge in [0.05, 0.1) is 12.7 Å². The molecule has 144 valence electrons. The number of amides is 1. The third kappa shape index (κ3) is 4.52. The fourth-order valence-corrected chi connectivity index (χ4v) is 3.95. The molecule has 0 aromatic heterocycles. The van der Waals surface area contributed by atoms with Crippen molar-refractivity contribution in [2.45, 2.75) is 56.4 Å². The summed E-state index contributed by atoms with van der Waals surface area (Å²) in [4.78, 5) is 10.6. The van der Waals surface area contributed by atoms with Crippen molar-refractivity contribution in [2.24, 2.45) is 11.7 Å². The normalized spacial score (nSPS) is 32.3. The molecule has 3 aliphatic rings. The number of carbonyl (C=O) groups is 1. The second kappa shape index (κ2) is 8.79. The van der Waals surface area contributed by atoms with Crippen LogP contribution in [-0.2, 0) is 9.53 Å². The van der Waals surface area contributed by atoms with Gasteiger partial charge in [0, 0.05) is 29.4 Å². The molecule has 1 heterocycles. The van der Waals surface area contributed by atoms with Gasteiger partial charge in [-0.2, -0.15) is 0 Å². The van der Waals surface area contributed by atoms with Crippen LogP contribution in [0, 0.1) is 5.92 Å². The maximum absolute atomic E-state index is 12.4. The molecule has 5 atom stereocenters. The standard InChI is InChI=1S/C19H28FN3O3/c20-9-15(25)10-26-19-8-13(1-4-16(19)21)17-5-2-12-7-14(22-11-24)3-6-18(12)23-17/h1,3,6,11-12,15-17,19,23,25H,2,4-5,7-10,21H2,(H,22,24)/t12-,15?,16+,17?,19-/m1/s1. The summed E-state index contributed by atoms with van der Waals surface area (Å²) < 4.78 is 18.1. The summed E-state index contributed by atoms with van der Waals surface area (Å²) in [5.74, 6) is 0.414. The maximum atomic E-state index is 12.4. The van der Waals surface area contributed by atoms with Crippen LogP contribution in [0.3, 0.4) is 0 Å². The van der Waals surface area contributed by atoms with Crippen molar-refractivity contribution in [3.05, 3.63) is 35.2 Å². The van der Waals surface area contributed by atoms with E-state index in [9.17, 15) is 14.3 Å². The quantitative estimate of drug-likeness (QED) is 0.399. The zero-order chi connectivity index (χ0) is 18.5. The van der Waals surface area contributed by atoms with Crippen LogP contribution < -0.4 is 16.4 Å². The summed E-state index contributed by atoms with van der Waals surface area (Å²) in [6.45, 7) is -0.830. The second-order valence-corrected chi connectivity index (χ2v) is 7.31. The van der Waals surface area contributed by atoms with Crippen molar-refractivity contribution >= 4 is 6.41 Å². The summed E-state index contributed by atoms with van der Waals surface area (Å²) >= 11 is 0. The van der Waals surface area contributed by atoms with Crippen LogP contribution in [0.25, 0.3) is 0 Å². The summed E-state index contributed by atoms with van der Waals surface area (Å²) in [6.07, 6.45) is 9.96. The number of aliphatic hydroxyl groups is 1. The van der Waals surface area contributed by atoms with Gasteiger partial charge >= 0.3 is 0 Å². The number of hydrogen-bond donors (Lipinski definition) is 4. The average Bonchev–Trinajstić information content (AvgIpc) is 2.67. The molecule has 0 spiro atoms. The van der Waals surface area contributed by atoms with Gasteiger partial charge in [-0.25, -0.2) is 4.39 Å². The third-order valence-corrected chi connectivity index (χ3v) is 5.45. The summed E-state index contributed by atoms with van der Waals surface area (Å²) in [5.41, 5.74) is 9.56. The van der Waals surface area contributed by atoms with Gasteiger partial charge in [-0.3, -0.25) is 4.79 Å². The van der Waals surface area contributed by atoms with Crippen molar-refractivity contribution in [1.29, 1.82) is 0 Å². The minimum Gasteiger partial charge on any atom is -0.388 e. The molecule has 1 amide bonds. The molecule has 1 fully saturated rings. The zero-order valence-electron chi connectivity index (χ0n) is 14.9. The molecule has 7 heteroatoms. The lowest BCUT2D eigenvalue weighted by Gasteiger charge is -2.39. The predicted molar refractivity (Wildman–Crippen MR) is 96.6 cm³/mol. The Kier molecular flexibility index (Phi) is 6.45. The number of allylic oxidation sites excluding steroid dienone is 4. The molecule has 3 rings (SSSR count). The monoisotopic (exact) mass is 365 g/mol. The smallest absolute Gasteiger partial charge is 0.211 e. The minimum absolute atomic E-state index is 0.0230. The predicted octanol–water partition coefficient (Wildman–Crippen LogP) is 1.04. The fraction of sp³-hybridized carbons (Fsp3) is 0.632. The molecule has 1 aliphatic heterocycles.